The van der Waals surface area contributed by atoms with Crippen molar-refractivity contribution in [2.24, 2.45) is 0 Å². The Kier molecular flexibility index (Phi) is 4.05. The van der Waals surface area contributed by atoms with Gasteiger partial charge >= 0.3 is 0 Å². The van der Waals surface area contributed by atoms with E-state index in [4.69, 9.17) is 4.74 Å². The zero-order valence-electron chi connectivity index (χ0n) is 14.4. The van der Waals surface area contributed by atoms with Crippen molar-refractivity contribution in [1.29, 1.82) is 0 Å². The normalized spacial score (nSPS) is 10.9. The molecule has 4 nitrogen and oxygen atoms in total. The molecule has 4 aromatic rings. The van der Waals surface area contributed by atoms with Crippen LogP contribution < -0.4 is 4.74 Å². The highest BCUT2D eigenvalue weighted by Crippen LogP contribution is 2.33. The molecular weight excluding hydrogens is 329 g/mol. The minimum absolute atomic E-state index is 0.223. The van der Waals surface area contributed by atoms with E-state index >= 15 is 0 Å². The fourth-order valence-electron chi connectivity index (χ4n) is 3.02. The quantitative estimate of drug-likeness (QED) is 0.534. The van der Waals surface area contributed by atoms with Gasteiger partial charge in [0.25, 0.3) is 0 Å². The first-order chi connectivity index (χ1) is 12.7. The molecule has 0 amide bonds. The molecule has 0 N–H and O–H groups in total. The van der Waals surface area contributed by atoms with Crippen LogP contribution in [0, 0.1) is 12.7 Å². The smallest absolute Gasteiger partial charge is 0.224 e. The minimum atomic E-state index is -0.223. The highest BCUT2D eigenvalue weighted by Gasteiger charge is 2.12. The van der Waals surface area contributed by atoms with Crippen LogP contribution in [0.3, 0.4) is 0 Å². The Bertz CT molecular complexity index is 1110. The van der Waals surface area contributed by atoms with Crippen molar-refractivity contribution in [3.8, 4) is 28.3 Å². The number of fused-ring (bicyclic) bond motifs is 1. The number of halogens is 1. The van der Waals surface area contributed by atoms with Crippen molar-refractivity contribution in [2.75, 3.05) is 7.11 Å². The second-order valence-corrected chi connectivity index (χ2v) is 5.98. The molecule has 0 spiro atoms. The van der Waals surface area contributed by atoms with E-state index in [1.54, 1.807) is 26.3 Å². The van der Waals surface area contributed by atoms with Crippen LogP contribution in [0.15, 0.2) is 61.1 Å². The summed E-state index contributed by atoms with van der Waals surface area (Å²) in [7, 11) is 1.59. The maximum atomic E-state index is 13.6. The number of aromatic nitrogens is 3. The summed E-state index contributed by atoms with van der Waals surface area (Å²) in [6.07, 6.45) is 3.22. The molecule has 0 radical (unpaired) electrons. The lowest BCUT2D eigenvalue weighted by atomic mass is 9.97. The van der Waals surface area contributed by atoms with Gasteiger partial charge in [0.15, 0.2) is 0 Å². The third kappa shape index (κ3) is 2.77. The van der Waals surface area contributed by atoms with Crippen LogP contribution in [0.5, 0.6) is 5.88 Å². The molecule has 2 aromatic heterocycles. The lowest BCUT2D eigenvalue weighted by Crippen LogP contribution is -1.93. The number of rotatable bonds is 3. The van der Waals surface area contributed by atoms with Gasteiger partial charge in [0.05, 0.1) is 23.7 Å². The van der Waals surface area contributed by atoms with Crippen molar-refractivity contribution in [1.82, 2.24) is 15.0 Å². The van der Waals surface area contributed by atoms with Crippen molar-refractivity contribution >= 4 is 10.9 Å². The van der Waals surface area contributed by atoms with E-state index in [0.717, 1.165) is 33.3 Å². The molecule has 0 aliphatic carbocycles. The largest absolute Gasteiger partial charge is 0.480 e. The molecule has 0 unspecified atom stereocenters. The number of benzene rings is 2. The third-order valence-electron chi connectivity index (χ3n) is 4.34. The Morgan fingerprint density at radius 3 is 2.58 bits per heavy atom. The average Bonchev–Trinajstić information content (AvgIpc) is 2.69. The van der Waals surface area contributed by atoms with Crippen LogP contribution in [0.1, 0.15) is 5.56 Å². The Hall–Kier alpha value is -3.34. The molecule has 2 aromatic carbocycles. The van der Waals surface area contributed by atoms with Crippen LogP contribution in [0.4, 0.5) is 4.39 Å². The Labute approximate surface area is 150 Å². The average molecular weight is 345 g/mol. The van der Waals surface area contributed by atoms with Gasteiger partial charge in [-0.25, -0.2) is 14.4 Å². The van der Waals surface area contributed by atoms with Gasteiger partial charge in [-0.05, 0) is 54.4 Å². The van der Waals surface area contributed by atoms with E-state index in [-0.39, 0.29) is 5.82 Å². The number of pyridine rings is 1. The number of aryl methyl sites for hydroxylation is 1. The van der Waals surface area contributed by atoms with E-state index in [0.29, 0.717) is 11.4 Å². The number of hydrogen-bond donors (Lipinski definition) is 0. The summed E-state index contributed by atoms with van der Waals surface area (Å²) in [5.74, 6) is 0.304. The van der Waals surface area contributed by atoms with Gasteiger partial charge in [0.1, 0.15) is 12.1 Å². The van der Waals surface area contributed by atoms with Crippen molar-refractivity contribution in [3.63, 3.8) is 0 Å². The number of methoxy groups -OCH3 is 1. The second kappa shape index (κ2) is 6.52. The fraction of sp³-hybridized carbons (Fsp3) is 0.0952. The van der Waals surface area contributed by atoms with Gasteiger partial charge < -0.3 is 4.74 Å². The van der Waals surface area contributed by atoms with E-state index in [1.165, 1.54) is 12.4 Å². The molecule has 4 rings (SSSR count). The Morgan fingerprint density at radius 1 is 0.923 bits per heavy atom. The van der Waals surface area contributed by atoms with E-state index in [9.17, 15) is 4.39 Å². The van der Waals surface area contributed by atoms with Crippen molar-refractivity contribution < 1.29 is 9.13 Å². The maximum absolute atomic E-state index is 13.6. The SMILES string of the molecule is COc1ncnc2ccc(-c3cccnc3-c3ccc(F)c(C)c3)cc12. The third-order valence-corrected chi connectivity index (χ3v) is 4.34. The van der Waals surface area contributed by atoms with Crippen molar-refractivity contribution in [2.45, 2.75) is 6.92 Å². The molecule has 5 heteroatoms. The summed E-state index contributed by atoms with van der Waals surface area (Å²) in [5, 5.41) is 0.831. The maximum Gasteiger partial charge on any atom is 0.224 e. The highest BCUT2D eigenvalue weighted by atomic mass is 19.1. The topological polar surface area (TPSA) is 47.9 Å². The summed E-state index contributed by atoms with van der Waals surface area (Å²) in [5.41, 5.74) is 4.99. The highest BCUT2D eigenvalue weighted by molar-refractivity contribution is 5.90. The Morgan fingerprint density at radius 2 is 1.77 bits per heavy atom. The first-order valence-electron chi connectivity index (χ1n) is 8.18. The lowest BCUT2D eigenvalue weighted by molar-refractivity contribution is 0.402. The summed E-state index contributed by atoms with van der Waals surface area (Å²) < 4.78 is 19.0. The summed E-state index contributed by atoms with van der Waals surface area (Å²) in [4.78, 5) is 13.0. The Balaban J connectivity index is 1.91. The van der Waals surface area contributed by atoms with Crippen LogP contribution in [-0.4, -0.2) is 22.1 Å². The second-order valence-electron chi connectivity index (χ2n) is 5.98. The molecule has 0 saturated carbocycles. The van der Waals surface area contributed by atoms with E-state index < -0.39 is 0 Å². The molecule has 0 saturated heterocycles. The van der Waals surface area contributed by atoms with E-state index in [2.05, 4.69) is 15.0 Å². The first-order valence-corrected chi connectivity index (χ1v) is 8.18. The predicted octanol–water partition coefficient (Wildman–Crippen LogP) is 4.81. The van der Waals surface area contributed by atoms with Gasteiger partial charge in [-0.2, -0.15) is 0 Å². The van der Waals surface area contributed by atoms with Gasteiger partial charge in [-0.1, -0.05) is 12.1 Å². The van der Waals surface area contributed by atoms with Gasteiger partial charge in [0.2, 0.25) is 5.88 Å². The summed E-state index contributed by atoms with van der Waals surface area (Å²) in [6.45, 7) is 1.75. The molecule has 0 bridgehead atoms. The van der Waals surface area contributed by atoms with Crippen LogP contribution >= 0.6 is 0 Å². The minimum Gasteiger partial charge on any atom is -0.480 e. The summed E-state index contributed by atoms with van der Waals surface area (Å²) >= 11 is 0. The standard InChI is InChI=1S/C21H16FN3O/c1-13-10-15(5-7-18(13)22)20-16(4-3-9-23-20)14-6-8-19-17(11-14)21(26-2)25-12-24-19/h3-12H,1-2H3. The zero-order chi connectivity index (χ0) is 18.1. The zero-order valence-corrected chi connectivity index (χ0v) is 14.4. The van der Waals surface area contributed by atoms with E-state index in [1.807, 2.05) is 36.4 Å². The fourth-order valence-corrected chi connectivity index (χ4v) is 3.02. The monoisotopic (exact) mass is 345 g/mol. The molecule has 26 heavy (non-hydrogen) atoms. The molecule has 0 atom stereocenters. The number of ether oxygens (including phenoxy) is 1. The molecular formula is C21H16FN3O. The van der Waals surface area contributed by atoms with Gasteiger partial charge in [0, 0.05) is 17.3 Å². The molecule has 0 fully saturated rings. The number of nitrogens with zero attached hydrogens (tertiary/aromatic N) is 3. The van der Waals surface area contributed by atoms with Crippen LogP contribution in [0.25, 0.3) is 33.3 Å². The first kappa shape index (κ1) is 16.1. The molecule has 0 aliphatic heterocycles. The van der Waals surface area contributed by atoms with Gasteiger partial charge in [-0.3, -0.25) is 4.98 Å². The van der Waals surface area contributed by atoms with Crippen molar-refractivity contribution in [3.05, 3.63) is 72.4 Å². The van der Waals surface area contributed by atoms with Crippen LogP contribution in [-0.2, 0) is 0 Å². The molecule has 2 heterocycles. The lowest BCUT2D eigenvalue weighted by Gasteiger charge is -2.11. The van der Waals surface area contributed by atoms with Crippen LogP contribution in [0.2, 0.25) is 0 Å². The molecule has 128 valence electrons. The predicted molar refractivity (Wildman–Crippen MR) is 99.5 cm³/mol. The molecule has 0 aliphatic rings. The number of hydrogen-bond acceptors (Lipinski definition) is 4. The summed E-state index contributed by atoms with van der Waals surface area (Å²) in [6, 6.07) is 14.8. The van der Waals surface area contributed by atoms with Gasteiger partial charge in [-0.15, -0.1) is 0 Å².